The Hall–Kier alpha value is -2.11. The summed E-state index contributed by atoms with van der Waals surface area (Å²) in [5.74, 6) is -0.200. The van der Waals surface area contributed by atoms with Gasteiger partial charge in [0.2, 0.25) is 0 Å². The van der Waals surface area contributed by atoms with Gasteiger partial charge >= 0.3 is 0 Å². The first-order valence-corrected chi connectivity index (χ1v) is 7.57. The van der Waals surface area contributed by atoms with Crippen molar-refractivity contribution in [2.45, 2.75) is 13.0 Å². The van der Waals surface area contributed by atoms with Crippen LogP contribution in [0.15, 0.2) is 42.5 Å². The summed E-state index contributed by atoms with van der Waals surface area (Å²) in [7, 11) is 0. The number of amides is 1. The van der Waals surface area contributed by atoms with Gasteiger partial charge in [0.25, 0.3) is 5.91 Å². The van der Waals surface area contributed by atoms with Crippen LogP contribution in [0.2, 0.25) is 5.02 Å². The van der Waals surface area contributed by atoms with Gasteiger partial charge in [0.05, 0.1) is 0 Å². The number of hydrogen-bond donors (Lipinski definition) is 2. The van der Waals surface area contributed by atoms with Crippen LogP contribution in [0.3, 0.4) is 0 Å². The van der Waals surface area contributed by atoms with E-state index in [-0.39, 0.29) is 12.4 Å². The van der Waals surface area contributed by atoms with Gasteiger partial charge in [-0.15, -0.1) is 0 Å². The molecule has 0 spiro atoms. The van der Waals surface area contributed by atoms with E-state index in [2.05, 4.69) is 5.32 Å². The van der Waals surface area contributed by atoms with Crippen molar-refractivity contribution < 1.29 is 13.9 Å². The molecule has 0 atom stereocenters. The second-order valence-corrected chi connectivity index (χ2v) is 5.50. The number of benzene rings is 2. The van der Waals surface area contributed by atoms with Gasteiger partial charge < -0.3 is 15.8 Å². The van der Waals surface area contributed by atoms with Crippen LogP contribution in [-0.2, 0) is 17.8 Å². The second kappa shape index (κ2) is 8.50. The van der Waals surface area contributed by atoms with E-state index in [1.165, 1.54) is 12.1 Å². The molecule has 0 unspecified atom stereocenters. The quantitative estimate of drug-likeness (QED) is 0.728. The fraction of sp³-hybridized carbons (Fsp3) is 0.235. The highest BCUT2D eigenvalue weighted by Crippen LogP contribution is 2.22. The fourth-order valence-corrected chi connectivity index (χ4v) is 2.28. The van der Waals surface area contributed by atoms with Crippen LogP contribution in [-0.4, -0.2) is 19.1 Å². The van der Waals surface area contributed by atoms with Crippen molar-refractivity contribution in [3.8, 4) is 5.75 Å². The molecule has 4 nitrogen and oxygen atoms in total. The van der Waals surface area contributed by atoms with Gasteiger partial charge in [0.15, 0.2) is 6.61 Å². The van der Waals surface area contributed by atoms with Crippen LogP contribution in [0, 0.1) is 5.82 Å². The predicted octanol–water partition coefficient (Wildman–Crippen LogP) is 2.68. The third-order valence-corrected chi connectivity index (χ3v) is 3.45. The fourth-order valence-electron chi connectivity index (χ4n) is 2.08. The summed E-state index contributed by atoms with van der Waals surface area (Å²) in [5, 5.41) is 3.86. The molecule has 122 valence electrons. The predicted molar refractivity (Wildman–Crippen MR) is 88.0 cm³/mol. The van der Waals surface area contributed by atoms with Gasteiger partial charge in [0, 0.05) is 17.1 Å². The lowest BCUT2D eigenvalue weighted by Crippen LogP contribution is -2.21. The molecule has 0 aliphatic heterocycles. The highest BCUT2D eigenvalue weighted by molar-refractivity contribution is 6.30. The monoisotopic (exact) mass is 336 g/mol. The SMILES string of the molecule is NC(=O)COc1ccc(Cl)cc1CNCCc1ccc(F)cc1. The number of primary amides is 1. The second-order valence-electron chi connectivity index (χ2n) is 5.06. The van der Waals surface area contributed by atoms with Crippen LogP contribution in [0.5, 0.6) is 5.75 Å². The first kappa shape index (κ1) is 17.2. The first-order chi connectivity index (χ1) is 11.0. The Kier molecular flexibility index (Phi) is 6.38. The van der Waals surface area contributed by atoms with Crippen LogP contribution >= 0.6 is 11.6 Å². The van der Waals surface area contributed by atoms with Crippen molar-refractivity contribution in [1.82, 2.24) is 5.32 Å². The molecular weight excluding hydrogens is 319 g/mol. The van der Waals surface area contributed by atoms with Gasteiger partial charge in [-0.2, -0.15) is 0 Å². The van der Waals surface area contributed by atoms with Crippen LogP contribution in [0.1, 0.15) is 11.1 Å². The van der Waals surface area contributed by atoms with E-state index >= 15 is 0 Å². The Labute approximate surface area is 139 Å². The molecule has 2 aromatic rings. The Morgan fingerprint density at radius 3 is 2.65 bits per heavy atom. The maximum atomic E-state index is 12.8. The minimum Gasteiger partial charge on any atom is -0.483 e. The summed E-state index contributed by atoms with van der Waals surface area (Å²) >= 11 is 5.99. The van der Waals surface area contributed by atoms with Gasteiger partial charge in [-0.05, 0) is 48.9 Å². The smallest absolute Gasteiger partial charge is 0.255 e. The number of nitrogens with one attached hydrogen (secondary N) is 1. The molecule has 23 heavy (non-hydrogen) atoms. The summed E-state index contributed by atoms with van der Waals surface area (Å²) in [5.41, 5.74) is 6.98. The van der Waals surface area contributed by atoms with Crippen LogP contribution < -0.4 is 15.8 Å². The molecule has 0 saturated heterocycles. The Morgan fingerprint density at radius 1 is 1.22 bits per heavy atom. The minimum absolute atomic E-state index is 0.176. The van der Waals surface area contributed by atoms with Crippen LogP contribution in [0.25, 0.3) is 0 Å². The van der Waals surface area contributed by atoms with Gasteiger partial charge in [-0.3, -0.25) is 4.79 Å². The summed E-state index contributed by atoms with van der Waals surface area (Å²) in [6.07, 6.45) is 0.776. The molecule has 3 N–H and O–H groups in total. The molecule has 0 aliphatic carbocycles. The van der Waals surface area contributed by atoms with E-state index in [1.54, 1.807) is 30.3 Å². The number of carbonyl (C=O) groups excluding carboxylic acids is 1. The van der Waals surface area contributed by atoms with Crippen molar-refractivity contribution >= 4 is 17.5 Å². The summed E-state index contributed by atoms with van der Waals surface area (Å²) < 4.78 is 18.2. The minimum atomic E-state index is -0.532. The van der Waals surface area contributed by atoms with Crippen molar-refractivity contribution in [2.75, 3.05) is 13.2 Å². The van der Waals surface area contributed by atoms with Crippen molar-refractivity contribution in [1.29, 1.82) is 0 Å². The van der Waals surface area contributed by atoms with Gasteiger partial charge in [-0.25, -0.2) is 4.39 Å². The molecule has 1 amide bonds. The number of rotatable bonds is 8. The molecule has 0 saturated carbocycles. The molecule has 6 heteroatoms. The standard InChI is InChI=1S/C17H18ClFN2O2/c18-14-3-6-16(23-11-17(20)22)13(9-14)10-21-8-7-12-1-4-15(19)5-2-12/h1-6,9,21H,7-8,10-11H2,(H2,20,22). The van der Waals surface area contributed by atoms with Gasteiger partial charge in [-0.1, -0.05) is 23.7 Å². The van der Waals surface area contributed by atoms with Crippen LogP contribution in [0.4, 0.5) is 4.39 Å². The lowest BCUT2D eigenvalue weighted by Gasteiger charge is -2.12. The normalized spacial score (nSPS) is 10.5. The largest absolute Gasteiger partial charge is 0.483 e. The highest BCUT2D eigenvalue weighted by atomic mass is 35.5. The molecule has 0 heterocycles. The number of halogens is 2. The molecule has 0 bridgehead atoms. The molecule has 0 aliphatic rings. The zero-order valence-corrected chi connectivity index (χ0v) is 13.3. The molecule has 0 radical (unpaired) electrons. The third kappa shape index (κ3) is 5.88. The topological polar surface area (TPSA) is 64.4 Å². The van der Waals surface area contributed by atoms with Crippen molar-refractivity contribution in [2.24, 2.45) is 5.73 Å². The van der Waals surface area contributed by atoms with E-state index < -0.39 is 5.91 Å². The van der Waals surface area contributed by atoms with E-state index in [0.29, 0.717) is 23.9 Å². The molecule has 0 aromatic heterocycles. The number of nitrogens with two attached hydrogens (primary N) is 1. The average molecular weight is 337 g/mol. The molecule has 0 fully saturated rings. The number of hydrogen-bond acceptors (Lipinski definition) is 3. The molecular formula is C17H18ClFN2O2. The molecule has 2 rings (SSSR count). The Balaban J connectivity index is 1.87. The summed E-state index contributed by atoms with van der Waals surface area (Å²) in [4.78, 5) is 10.8. The number of ether oxygens (including phenoxy) is 1. The maximum absolute atomic E-state index is 12.8. The summed E-state index contributed by atoms with van der Waals surface area (Å²) in [6, 6.07) is 11.6. The van der Waals surface area contributed by atoms with E-state index in [1.807, 2.05) is 0 Å². The zero-order valence-electron chi connectivity index (χ0n) is 12.5. The van der Waals surface area contributed by atoms with Gasteiger partial charge in [0.1, 0.15) is 11.6 Å². The number of carbonyl (C=O) groups is 1. The van der Waals surface area contributed by atoms with Crippen molar-refractivity contribution in [3.05, 3.63) is 64.4 Å². The zero-order chi connectivity index (χ0) is 16.7. The van der Waals surface area contributed by atoms with E-state index in [0.717, 1.165) is 17.5 Å². The lowest BCUT2D eigenvalue weighted by atomic mass is 10.1. The van der Waals surface area contributed by atoms with E-state index in [9.17, 15) is 9.18 Å². The first-order valence-electron chi connectivity index (χ1n) is 7.19. The summed E-state index contributed by atoms with van der Waals surface area (Å²) in [6.45, 7) is 1.08. The van der Waals surface area contributed by atoms with Crippen molar-refractivity contribution in [3.63, 3.8) is 0 Å². The Morgan fingerprint density at radius 2 is 1.96 bits per heavy atom. The maximum Gasteiger partial charge on any atom is 0.255 e. The highest BCUT2D eigenvalue weighted by Gasteiger charge is 2.06. The Bertz CT molecular complexity index is 662. The average Bonchev–Trinajstić information content (AvgIpc) is 2.52. The lowest BCUT2D eigenvalue weighted by molar-refractivity contribution is -0.119. The van der Waals surface area contributed by atoms with E-state index in [4.69, 9.17) is 22.1 Å². The third-order valence-electron chi connectivity index (χ3n) is 3.21. The molecule has 2 aromatic carbocycles.